The summed E-state index contributed by atoms with van der Waals surface area (Å²) >= 11 is 0. The second-order valence-electron chi connectivity index (χ2n) is 5.79. The molecule has 1 aromatic rings. The van der Waals surface area contributed by atoms with Gasteiger partial charge in [-0.15, -0.1) is 0 Å². The van der Waals surface area contributed by atoms with Crippen LogP contribution >= 0.6 is 0 Å². The number of likely N-dealkylation sites (N-methyl/N-ethyl adjacent to an activating group) is 1. The van der Waals surface area contributed by atoms with E-state index < -0.39 is 0 Å². The Morgan fingerprint density at radius 1 is 1.23 bits per heavy atom. The monoisotopic (exact) mass is 304 g/mol. The molecule has 0 radical (unpaired) electrons. The quantitative estimate of drug-likeness (QED) is 0.901. The van der Waals surface area contributed by atoms with Crippen molar-refractivity contribution < 1.29 is 9.59 Å². The minimum atomic E-state index is -0.234. The van der Waals surface area contributed by atoms with Gasteiger partial charge in [-0.1, -0.05) is 13.0 Å². The minimum absolute atomic E-state index is 0.0892. The van der Waals surface area contributed by atoms with Gasteiger partial charge in [0, 0.05) is 32.2 Å². The van der Waals surface area contributed by atoms with Crippen molar-refractivity contribution in [1.82, 2.24) is 20.1 Å². The summed E-state index contributed by atoms with van der Waals surface area (Å²) < 4.78 is 0. The Balaban J connectivity index is 2.07. The molecule has 2 amide bonds. The van der Waals surface area contributed by atoms with Crippen LogP contribution in [0.3, 0.4) is 0 Å². The summed E-state index contributed by atoms with van der Waals surface area (Å²) in [6.07, 6.45) is 0.853. The number of aromatic nitrogens is 1. The molecule has 0 spiro atoms. The van der Waals surface area contributed by atoms with Gasteiger partial charge in [-0.05, 0) is 32.5 Å². The zero-order chi connectivity index (χ0) is 16.1. The minimum Gasteiger partial charge on any atom is -0.348 e. The summed E-state index contributed by atoms with van der Waals surface area (Å²) in [6.45, 7) is 7.06. The summed E-state index contributed by atoms with van der Waals surface area (Å²) in [5.74, 6) is -0.339. The van der Waals surface area contributed by atoms with Crippen LogP contribution < -0.4 is 5.32 Å². The van der Waals surface area contributed by atoms with Gasteiger partial charge in [0.1, 0.15) is 11.4 Å². The first-order chi connectivity index (χ1) is 10.5. The highest BCUT2D eigenvalue weighted by Crippen LogP contribution is 2.07. The predicted octanol–water partition coefficient (Wildman–Crippen LogP) is 0.997. The molecule has 0 bridgehead atoms. The third-order valence-corrected chi connectivity index (χ3v) is 3.98. The molecule has 1 unspecified atom stereocenters. The molecule has 0 aliphatic carbocycles. The normalized spacial score (nSPS) is 17.1. The summed E-state index contributed by atoms with van der Waals surface area (Å²) in [6, 6.07) is 5.10. The molecular formula is C16H24N4O2. The van der Waals surface area contributed by atoms with E-state index in [1.165, 1.54) is 0 Å². The Morgan fingerprint density at radius 2 is 1.86 bits per heavy atom. The number of pyridine rings is 1. The van der Waals surface area contributed by atoms with Crippen molar-refractivity contribution in [3.8, 4) is 0 Å². The molecule has 0 saturated carbocycles. The van der Waals surface area contributed by atoms with Gasteiger partial charge in [0.05, 0.1) is 0 Å². The number of carbonyl (C=O) groups excluding carboxylic acids is 2. The smallest absolute Gasteiger partial charge is 0.272 e. The van der Waals surface area contributed by atoms with E-state index in [2.05, 4.69) is 15.2 Å². The maximum Gasteiger partial charge on any atom is 0.272 e. The highest BCUT2D eigenvalue weighted by atomic mass is 16.2. The standard InChI is InChI=1S/C16H24N4O2/c1-4-12(2)17-15(21)13-6-5-7-14(18-13)16(22)20-10-8-19(3)9-11-20/h5-7,12H,4,8-11H2,1-3H3,(H,17,21). The van der Waals surface area contributed by atoms with Gasteiger partial charge in [0.25, 0.3) is 11.8 Å². The third-order valence-electron chi connectivity index (χ3n) is 3.98. The van der Waals surface area contributed by atoms with Gasteiger partial charge in [0.15, 0.2) is 0 Å². The lowest BCUT2D eigenvalue weighted by atomic mass is 10.2. The molecular weight excluding hydrogens is 280 g/mol. The highest BCUT2D eigenvalue weighted by Gasteiger charge is 2.22. The Bertz CT molecular complexity index is 539. The maximum atomic E-state index is 12.5. The average Bonchev–Trinajstić information content (AvgIpc) is 2.54. The summed E-state index contributed by atoms with van der Waals surface area (Å²) in [4.78, 5) is 32.8. The van der Waals surface area contributed by atoms with Crippen molar-refractivity contribution in [2.75, 3.05) is 33.2 Å². The van der Waals surface area contributed by atoms with Gasteiger partial charge >= 0.3 is 0 Å². The van der Waals surface area contributed by atoms with E-state index in [1.54, 1.807) is 23.1 Å². The van der Waals surface area contributed by atoms with Crippen molar-refractivity contribution in [1.29, 1.82) is 0 Å². The fourth-order valence-electron chi connectivity index (χ4n) is 2.25. The van der Waals surface area contributed by atoms with E-state index in [0.29, 0.717) is 24.5 Å². The van der Waals surface area contributed by atoms with Gasteiger partial charge in [0.2, 0.25) is 0 Å². The van der Waals surface area contributed by atoms with Crippen molar-refractivity contribution in [3.05, 3.63) is 29.6 Å². The van der Waals surface area contributed by atoms with Crippen LogP contribution in [0.25, 0.3) is 0 Å². The van der Waals surface area contributed by atoms with Crippen LogP contribution in [-0.4, -0.2) is 65.9 Å². The van der Waals surface area contributed by atoms with E-state index in [-0.39, 0.29) is 17.9 Å². The first-order valence-electron chi connectivity index (χ1n) is 7.77. The summed E-state index contributed by atoms with van der Waals surface area (Å²) in [5, 5.41) is 2.86. The van der Waals surface area contributed by atoms with Gasteiger partial charge in [-0.25, -0.2) is 4.98 Å². The third kappa shape index (κ3) is 4.04. The van der Waals surface area contributed by atoms with E-state index in [0.717, 1.165) is 19.5 Å². The van der Waals surface area contributed by atoms with E-state index >= 15 is 0 Å². The topological polar surface area (TPSA) is 65.5 Å². The molecule has 1 aliphatic rings. The first kappa shape index (κ1) is 16.4. The number of hydrogen-bond donors (Lipinski definition) is 1. The van der Waals surface area contributed by atoms with Crippen molar-refractivity contribution in [3.63, 3.8) is 0 Å². The lowest BCUT2D eigenvalue weighted by Crippen LogP contribution is -2.47. The molecule has 22 heavy (non-hydrogen) atoms. The van der Waals surface area contributed by atoms with Crippen LogP contribution in [-0.2, 0) is 0 Å². The number of carbonyl (C=O) groups is 2. The van der Waals surface area contributed by atoms with Gasteiger partial charge in [-0.2, -0.15) is 0 Å². The number of hydrogen-bond acceptors (Lipinski definition) is 4. The predicted molar refractivity (Wildman–Crippen MR) is 84.9 cm³/mol. The Morgan fingerprint density at radius 3 is 2.50 bits per heavy atom. The molecule has 1 N–H and O–H groups in total. The number of nitrogens with zero attached hydrogens (tertiary/aromatic N) is 3. The molecule has 1 saturated heterocycles. The molecule has 0 aromatic carbocycles. The molecule has 1 aliphatic heterocycles. The first-order valence-corrected chi connectivity index (χ1v) is 7.77. The van der Waals surface area contributed by atoms with Crippen LogP contribution in [0.5, 0.6) is 0 Å². The lowest BCUT2D eigenvalue weighted by molar-refractivity contribution is 0.0658. The van der Waals surface area contributed by atoms with Crippen LogP contribution in [0.15, 0.2) is 18.2 Å². The Kier molecular flexibility index (Phi) is 5.49. The second-order valence-corrected chi connectivity index (χ2v) is 5.79. The Hall–Kier alpha value is -1.95. The van der Waals surface area contributed by atoms with Crippen LogP contribution in [0, 0.1) is 0 Å². The SMILES string of the molecule is CCC(C)NC(=O)c1cccc(C(=O)N2CCN(C)CC2)n1. The molecule has 2 heterocycles. The van der Waals surface area contributed by atoms with Crippen molar-refractivity contribution in [2.24, 2.45) is 0 Å². The molecule has 2 rings (SSSR count). The average molecular weight is 304 g/mol. The number of nitrogens with one attached hydrogen (secondary N) is 1. The fourth-order valence-corrected chi connectivity index (χ4v) is 2.25. The zero-order valence-corrected chi connectivity index (χ0v) is 13.5. The van der Waals surface area contributed by atoms with Gasteiger partial charge in [-0.3, -0.25) is 9.59 Å². The lowest BCUT2D eigenvalue weighted by Gasteiger charge is -2.32. The maximum absolute atomic E-state index is 12.5. The van der Waals surface area contributed by atoms with Crippen LogP contribution in [0.4, 0.5) is 0 Å². The van der Waals surface area contributed by atoms with Crippen LogP contribution in [0.1, 0.15) is 41.2 Å². The number of piperazine rings is 1. The van der Waals surface area contributed by atoms with Gasteiger partial charge < -0.3 is 15.1 Å². The molecule has 1 atom stereocenters. The molecule has 6 nitrogen and oxygen atoms in total. The molecule has 1 fully saturated rings. The van der Waals surface area contributed by atoms with E-state index in [9.17, 15) is 9.59 Å². The van der Waals surface area contributed by atoms with Crippen molar-refractivity contribution in [2.45, 2.75) is 26.3 Å². The Labute approximate surface area is 131 Å². The molecule has 6 heteroatoms. The zero-order valence-electron chi connectivity index (χ0n) is 13.5. The van der Waals surface area contributed by atoms with Crippen molar-refractivity contribution >= 4 is 11.8 Å². The highest BCUT2D eigenvalue weighted by molar-refractivity contribution is 5.96. The molecule has 120 valence electrons. The van der Waals surface area contributed by atoms with Crippen LogP contribution in [0.2, 0.25) is 0 Å². The molecule has 1 aromatic heterocycles. The number of amides is 2. The van der Waals surface area contributed by atoms with E-state index in [1.807, 2.05) is 20.9 Å². The summed E-state index contributed by atoms with van der Waals surface area (Å²) in [7, 11) is 2.04. The largest absolute Gasteiger partial charge is 0.348 e. The fraction of sp³-hybridized carbons (Fsp3) is 0.562. The van der Waals surface area contributed by atoms with E-state index in [4.69, 9.17) is 0 Å². The summed E-state index contributed by atoms with van der Waals surface area (Å²) in [5.41, 5.74) is 0.627. The number of rotatable bonds is 4. The second kappa shape index (κ2) is 7.35.